The van der Waals surface area contributed by atoms with Crippen LogP contribution in [0.3, 0.4) is 0 Å². The van der Waals surface area contributed by atoms with E-state index in [2.05, 4.69) is 10.6 Å². The van der Waals surface area contributed by atoms with Crippen molar-refractivity contribution >= 4 is 29.3 Å². The third kappa shape index (κ3) is 6.59. The summed E-state index contributed by atoms with van der Waals surface area (Å²) >= 11 is 5.16. The number of hydrogen-bond donors (Lipinski definition) is 2. The fourth-order valence-corrected chi connectivity index (χ4v) is 2.64. The van der Waals surface area contributed by atoms with Crippen molar-refractivity contribution in [2.75, 3.05) is 27.9 Å². The summed E-state index contributed by atoms with van der Waals surface area (Å²) in [6.07, 6.45) is 3.86. The van der Waals surface area contributed by atoms with Gasteiger partial charge in [-0.3, -0.25) is 10.1 Å². The van der Waals surface area contributed by atoms with E-state index in [9.17, 15) is 4.79 Å². The lowest BCUT2D eigenvalue weighted by molar-refractivity contribution is -0.115. The summed E-state index contributed by atoms with van der Waals surface area (Å²) in [5, 5.41) is 5.93. The molecule has 0 aliphatic rings. The summed E-state index contributed by atoms with van der Waals surface area (Å²) in [7, 11) is 4.81. The summed E-state index contributed by atoms with van der Waals surface area (Å²) < 4.78 is 15.6. The molecular weight excluding hydrogens is 376 g/mol. The molecule has 0 radical (unpaired) electrons. The molecule has 0 unspecified atom stereocenters. The Hall–Kier alpha value is -3.06. The van der Waals surface area contributed by atoms with Crippen molar-refractivity contribution in [2.45, 2.75) is 6.42 Å². The third-order valence-corrected chi connectivity index (χ3v) is 4.17. The van der Waals surface area contributed by atoms with Crippen molar-refractivity contribution in [1.29, 1.82) is 0 Å². The van der Waals surface area contributed by atoms with Gasteiger partial charge in [-0.05, 0) is 60.1 Å². The number of thiocarbonyl (C=S) groups is 1. The van der Waals surface area contributed by atoms with Crippen LogP contribution in [0.1, 0.15) is 11.1 Å². The molecule has 7 heteroatoms. The monoisotopic (exact) mass is 400 g/mol. The van der Waals surface area contributed by atoms with Gasteiger partial charge in [-0.15, -0.1) is 0 Å². The Morgan fingerprint density at radius 3 is 2.36 bits per heavy atom. The summed E-state index contributed by atoms with van der Waals surface area (Å²) in [6, 6.07) is 13.1. The zero-order chi connectivity index (χ0) is 20.4. The predicted molar refractivity (Wildman–Crippen MR) is 114 cm³/mol. The third-order valence-electron chi connectivity index (χ3n) is 3.93. The minimum absolute atomic E-state index is 0.282. The quantitative estimate of drug-likeness (QED) is 0.525. The summed E-state index contributed by atoms with van der Waals surface area (Å²) in [4.78, 5) is 12.0. The molecule has 0 bridgehead atoms. The Bertz CT molecular complexity index is 835. The molecule has 0 aliphatic carbocycles. The van der Waals surface area contributed by atoms with Crippen LogP contribution in [0.4, 0.5) is 0 Å². The SMILES string of the molecule is COc1ccc(/C=C\C(=O)NC(=S)NCCc2ccc(OC)c(OC)c2)cc1. The molecule has 0 saturated heterocycles. The number of methoxy groups -OCH3 is 3. The van der Waals surface area contributed by atoms with Crippen LogP contribution in [0.2, 0.25) is 0 Å². The minimum atomic E-state index is -0.292. The summed E-state index contributed by atoms with van der Waals surface area (Å²) in [5.74, 6) is 1.84. The lowest BCUT2D eigenvalue weighted by Crippen LogP contribution is -2.39. The Labute approximate surface area is 170 Å². The molecule has 1 amide bonds. The number of benzene rings is 2. The Kier molecular flexibility index (Phi) is 8.30. The van der Waals surface area contributed by atoms with Crippen molar-refractivity contribution in [3.63, 3.8) is 0 Å². The zero-order valence-corrected chi connectivity index (χ0v) is 17.0. The van der Waals surface area contributed by atoms with Gasteiger partial charge in [0.05, 0.1) is 21.3 Å². The van der Waals surface area contributed by atoms with E-state index < -0.39 is 0 Å². The van der Waals surface area contributed by atoms with Crippen LogP contribution in [-0.2, 0) is 11.2 Å². The average Bonchev–Trinajstić information content (AvgIpc) is 2.72. The maximum Gasteiger partial charge on any atom is 0.250 e. The van der Waals surface area contributed by atoms with Crippen molar-refractivity contribution in [3.8, 4) is 17.2 Å². The Morgan fingerprint density at radius 2 is 1.71 bits per heavy atom. The molecule has 0 heterocycles. The number of amides is 1. The second kappa shape index (κ2) is 10.9. The normalized spacial score (nSPS) is 10.4. The Balaban J connectivity index is 1.77. The molecule has 148 valence electrons. The van der Waals surface area contributed by atoms with Gasteiger partial charge in [0, 0.05) is 12.6 Å². The first kappa shape index (κ1) is 21.2. The van der Waals surface area contributed by atoms with E-state index in [0.29, 0.717) is 18.0 Å². The molecule has 0 aromatic heterocycles. The largest absolute Gasteiger partial charge is 0.497 e. The van der Waals surface area contributed by atoms with Gasteiger partial charge in [0.25, 0.3) is 0 Å². The van der Waals surface area contributed by atoms with Crippen molar-refractivity contribution in [2.24, 2.45) is 0 Å². The zero-order valence-electron chi connectivity index (χ0n) is 16.2. The number of hydrogen-bond acceptors (Lipinski definition) is 5. The topological polar surface area (TPSA) is 68.8 Å². The highest BCUT2D eigenvalue weighted by molar-refractivity contribution is 7.80. The minimum Gasteiger partial charge on any atom is -0.497 e. The molecule has 6 nitrogen and oxygen atoms in total. The first-order valence-electron chi connectivity index (χ1n) is 8.67. The molecule has 2 N–H and O–H groups in total. The summed E-state index contributed by atoms with van der Waals surface area (Å²) in [6.45, 7) is 0.580. The maximum atomic E-state index is 12.0. The van der Waals surface area contributed by atoms with Crippen LogP contribution in [0.5, 0.6) is 17.2 Å². The van der Waals surface area contributed by atoms with Gasteiger partial charge in [-0.25, -0.2) is 0 Å². The van der Waals surface area contributed by atoms with Crippen LogP contribution < -0.4 is 24.8 Å². The highest BCUT2D eigenvalue weighted by Crippen LogP contribution is 2.27. The number of nitrogens with one attached hydrogen (secondary N) is 2. The second-order valence-corrected chi connectivity index (χ2v) is 6.20. The number of rotatable bonds is 8. The van der Waals surface area contributed by atoms with Crippen LogP contribution in [0.15, 0.2) is 48.5 Å². The van der Waals surface area contributed by atoms with E-state index in [1.165, 1.54) is 6.08 Å². The molecule has 0 aliphatic heterocycles. The van der Waals surface area contributed by atoms with E-state index in [-0.39, 0.29) is 11.0 Å². The van der Waals surface area contributed by atoms with Crippen LogP contribution in [-0.4, -0.2) is 38.9 Å². The fourth-order valence-electron chi connectivity index (χ4n) is 2.44. The van der Waals surface area contributed by atoms with Crippen LogP contribution in [0.25, 0.3) is 6.08 Å². The van der Waals surface area contributed by atoms with Crippen molar-refractivity contribution in [1.82, 2.24) is 10.6 Å². The number of carbonyl (C=O) groups is 1. The van der Waals surface area contributed by atoms with Gasteiger partial charge in [-0.2, -0.15) is 0 Å². The molecule has 28 heavy (non-hydrogen) atoms. The Morgan fingerprint density at radius 1 is 1.00 bits per heavy atom. The maximum absolute atomic E-state index is 12.0. The highest BCUT2D eigenvalue weighted by Gasteiger charge is 2.05. The van der Waals surface area contributed by atoms with Gasteiger partial charge < -0.3 is 19.5 Å². The van der Waals surface area contributed by atoms with Gasteiger partial charge >= 0.3 is 0 Å². The van der Waals surface area contributed by atoms with Crippen molar-refractivity contribution in [3.05, 3.63) is 59.7 Å². The number of ether oxygens (including phenoxy) is 3. The van der Waals surface area contributed by atoms with E-state index in [1.54, 1.807) is 27.4 Å². The van der Waals surface area contributed by atoms with Gasteiger partial charge in [-0.1, -0.05) is 18.2 Å². The molecular formula is C21H24N2O4S. The molecule has 2 aromatic carbocycles. The molecule has 0 saturated carbocycles. The lowest BCUT2D eigenvalue weighted by atomic mass is 10.1. The van der Waals surface area contributed by atoms with Crippen molar-refractivity contribution < 1.29 is 19.0 Å². The predicted octanol–water partition coefficient (Wildman–Crippen LogP) is 2.96. The smallest absolute Gasteiger partial charge is 0.250 e. The molecule has 2 aromatic rings. The van der Waals surface area contributed by atoms with Crippen LogP contribution in [0, 0.1) is 0 Å². The summed E-state index contributed by atoms with van der Waals surface area (Å²) in [5.41, 5.74) is 1.96. The first-order valence-corrected chi connectivity index (χ1v) is 9.08. The van der Waals surface area contributed by atoms with Crippen LogP contribution >= 0.6 is 12.2 Å². The molecule has 0 spiro atoms. The average molecular weight is 401 g/mol. The molecule has 0 atom stereocenters. The first-order chi connectivity index (χ1) is 13.5. The lowest BCUT2D eigenvalue weighted by Gasteiger charge is -2.11. The fraction of sp³-hybridized carbons (Fsp3) is 0.238. The van der Waals surface area contributed by atoms with E-state index in [4.69, 9.17) is 26.4 Å². The standard InChI is InChI=1S/C21H24N2O4S/c1-25-17-8-4-15(5-9-17)7-11-20(24)23-21(28)22-13-12-16-6-10-18(26-2)19(14-16)27-3/h4-11,14H,12-13H2,1-3H3,(H2,22,23,24,28)/b11-7-. The van der Waals surface area contributed by atoms with E-state index in [1.807, 2.05) is 42.5 Å². The number of carbonyl (C=O) groups excluding carboxylic acids is 1. The molecule has 0 fully saturated rings. The van der Waals surface area contributed by atoms with E-state index >= 15 is 0 Å². The highest BCUT2D eigenvalue weighted by atomic mass is 32.1. The second-order valence-electron chi connectivity index (χ2n) is 5.79. The van der Waals surface area contributed by atoms with E-state index in [0.717, 1.165) is 23.3 Å². The molecule has 2 rings (SSSR count). The van der Waals surface area contributed by atoms with Gasteiger partial charge in [0.1, 0.15) is 5.75 Å². The van der Waals surface area contributed by atoms with Gasteiger partial charge in [0.15, 0.2) is 16.6 Å². The van der Waals surface area contributed by atoms with Gasteiger partial charge in [0.2, 0.25) is 5.91 Å².